The van der Waals surface area contributed by atoms with Crippen LogP contribution in [0.15, 0.2) is 12.2 Å². The standard InChI is InChI=1S/C40H70N2O9/c1-3-5-7-9-11-13-15-17-19-21-23-25-39(46)49-34-35(51-40(47)26-24-22-20-18-16-14-12-10-8-6-4-2)33-48-31-32-50-41-36(43)29-30-42-37(44)27-28-38(42)45/h27-28,35H,3-26,29-34H2,1-2H3,(H,41,43). The third-order valence-corrected chi connectivity index (χ3v) is 8.98. The summed E-state index contributed by atoms with van der Waals surface area (Å²) in [4.78, 5) is 66.3. The molecule has 1 heterocycles. The summed E-state index contributed by atoms with van der Waals surface area (Å²) in [5.41, 5.74) is 2.26. The van der Waals surface area contributed by atoms with Crippen molar-refractivity contribution in [3.05, 3.63) is 12.2 Å². The molecule has 0 radical (unpaired) electrons. The van der Waals surface area contributed by atoms with Crippen LogP contribution in [-0.2, 0) is 43.0 Å². The molecule has 0 aromatic carbocycles. The van der Waals surface area contributed by atoms with Gasteiger partial charge >= 0.3 is 11.9 Å². The number of unbranched alkanes of at least 4 members (excludes halogenated alkanes) is 20. The average Bonchev–Trinajstić information content (AvgIpc) is 3.44. The fraction of sp³-hybridized carbons (Fsp3) is 0.825. The first kappa shape index (κ1) is 46.2. The molecule has 1 unspecified atom stereocenters. The van der Waals surface area contributed by atoms with Crippen LogP contribution in [0.4, 0.5) is 0 Å². The van der Waals surface area contributed by atoms with Crippen molar-refractivity contribution in [1.82, 2.24) is 10.4 Å². The SMILES string of the molecule is CCCCCCCCCCCCCC(=O)OCC(COCCONC(=O)CCN1C(=O)C=CC1=O)OC(=O)CCCCCCCCCCCCC. The third-order valence-electron chi connectivity index (χ3n) is 8.98. The molecule has 1 aliphatic heterocycles. The number of esters is 2. The number of imide groups is 1. The molecule has 0 aromatic heterocycles. The van der Waals surface area contributed by atoms with Gasteiger partial charge in [0.05, 0.1) is 19.8 Å². The summed E-state index contributed by atoms with van der Waals surface area (Å²) in [5.74, 6) is -2.03. The van der Waals surface area contributed by atoms with Gasteiger partial charge in [0.1, 0.15) is 6.61 Å². The lowest BCUT2D eigenvalue weighted by Crippen LogP contribution is -2.35. The van der Waals surface area contributed by atoms with Gasteiger partial charge in [-0.05, 0) is 12.8 Å². The topological polar surface area (TPSA) is 138 Å². The summed E-state index contributed by atoms with van der Waals surface area (Å²) >= 11 is 0. The van der Waals surface area contributed by atoms with Gasteiger partial charge in [-0.3, -0.25) is 33.7 Å². The number of rotatable bonds is 36. The Morgan fingerprint density at radius 2 is 1.04 bits per heavy atom. The summed E-state index contributed by atoms with van der Waals surface area (Å²) < 4.78 is 16.7. The molecule has 0 saturated carbocycles. The number of amides is 3. The van der Waals surface area contributed by atoms with E-state index in [1.54, 1.807) is 0 Å². The normalized spacial score (nSPS) is 13.2. The largest absolute Gasteiger partial charge is 0.462 e. The van der Waals surface area contributed by atoms with Gasteiger partial charge in [0.15, 0.2) is 6.10 Å². The highest BCUT2D eigenvalue weighted by molar-refractivity contribution is 6.13. The average molecular weight is 723 g/mol. The molecule has 11 nitrogen and oxygen atoms in total. The maximum absolute atomic E-state index is 12.6. The van der Waals surface area contributed by atoms with Gasteiger partial charge in [-0.1, -0.05) is 142 Å². The van der Waals surface area contributed by atoms with Crippen molar-refractivity contribution < 1.29 is 43.0 Å². The number of ether oxygens (including phenoxy) is 3. The Labute approximate surface area is 308 Å². The minimum Gasteiger partial charge on any atom is -0.462 e. The first-order chi connectivity index (χ1) is 24.9. The van der Waals surface area contributed by atoms with E-state index in [0.717, 1.165) is 55.6 Å². The number of nitrogens with one attached hydrogen (secondary N) is 1. The van der Waals surface area contributed by atoms with Crippen molar-refractivity contribution in [3.8, 4) is 0 Å². The molecule has 3 amide bonds. The maximum atomic E-state index is 12.6. The molecular weight excluding hydrogens is 652 g/mol. The van der Waals surface area contributed by atoms with Gasteiger partial charge in [-0.15, -0.1) is 0 Å². The lowest BCUT2D eigenvalue weighted by molar-refractivity contribution is -0.163. The highest BCUT2D eigenvalue weighted by Gasteiger charge is 2.23. The van der Waals surface area contributed by atoms with Crippen LogP contribution in [-0.4, -0.2) is 73.6 Å². The van der Waals surface area contributed by atoms with Crippen molar-refractivity contribution in [2.24, 2.45) is 0 Å². The Balaban J connectivity index is 2.29. The van der Waals surface area contributed by atoms with Crippen LogP contribution < -0.4 is 5.48 Å². The second-order valence-corrected chi connectivity index (χ2v) is 13.7. The molecule has 0 aliphatic carbocycles. The molecule has 1 aliphatic rings. The number of hydrogen-bond acceptors (Lipinski definition) is 9. The summed E-state index contributed by atoms with van der Waals surface area (Å²) in [6.45, 7) is 4.47. The van der Waals surface area contributed by atoms with Crippen LogP contribution in [0.2, 0.25) is 0 Å². The molecule has 0 saturated heterocycles. The summed E-state index contributed by atoms with van der Waals surface area (Å²) in [6.07, 6.45) is 28.5. The van der Waals surface area contributed by atoms with E-state index in [0.29, 0.717) is 12.8 Å². The zero-order chi connectivity index (χ0) is 37.2. The predicted octanol–water partition coefficient (Wildman–Crippen LogP) is 8.22. The van der Waals surface area contributed by atoms with Crippen LogP contribution in [0.25, 0.3) is 0 Å². The highest BCUT2D eigenvalue weighted by Crippen LogP contribution is 2.14. The van der Waals surface area contributed by atoms with Crippen LogP contribution >= 0.6 is 0 Å². The van der Waals surface area contributed by atoms with E-state index in [2.05, 4.69) is 19.3 Å². The van der Waals surface area contributed by atoms with E-state index in [4.69, 9.17) is 19.0 Å². The lowest BCUT2D eigenvalue weighted by Gasteiger charge is -2.18. The van der Waals surface area contributed by atoms with Gasteiger partial charge in [-0.2, -0.15) is 0 Å². The molecule has 0 aromatic rings. The molecule has 0 fully saturated rings. The molecular formula is C40H70N2O9. The molecule has 0 spiro atoms. The molecule has 294 valence electrons. The van der Waals surface area contributed by atoms with Gasteiger partial charge in [0, 0.05) is 38.0 Å². The van der Waals surface area contributed by atoms with Crippen LogP contribution in [0.5, 0.6) is 0 Å². The molecule has 1 N–H and O–H groups in total. The fourth-order valence-electron chi connectivity index (χ4n) is 5.85. The third kappa shape index (κ3) is 27.5. The molecule has 51 heavy (non-hydrogen) atoms. The van der Waals surface area contributed by atoms with Crippen LogP contribution in [0.1, 0.15) is 174 Å². The Morgan fingerprint density at radius 3 is 1.53 bits per heavy atom. The van der Waals surface area contributed by atoms with Gasteiger partial charge in [-0.25, -0.2) is 5.48 Å². The second-order valence-electron chi connectivity index (χ2n) is 13.7. The molecule has 0 bridgehead atoms. The zero-order valence-corrected chi connectivity index (χ0v) is 32.1. The first-order valence-corrected chi connectivity index (χ1v) is 20.2. The van der Waals surface area contributed by atoms with Gasteiger partial charge < -0.3 is 14.2 Å². The van der Waals surface area contributed by atoms with Crippen molar-refractivity contribution >= 4 is 29.7 Å². The van der Waals surface area contributed by atoms with Crippen molar-refractivity contribution in [1.29, 1.82) is 0 Å². The fourth-order valence-corrected chi connectivity index (χ4v) is 5.85. The number of hydroxylamine groups is 1. The monoisotopic (exact) mass is 723 g/mol. The van der Waals surface area contributed by atoms with Crippen LogP contribution in [0, 0.1) is 0 Å². The summed E-state index contributed by atoms with van der Waals surface area (Å²) in [5, 5.41) is 0. The van der Waals surface area contributed by atoms with E-state index >= 15 is 0 Å². The zero-order valence-electron chi connectivity index (χ0n) is 32.1. The Morgan fingerprint density at radius 1 is 0.588 bits per heavy atom. The minimum atomic E-state index is -0.745. The number of hydrogen-bond donors (Lipinski definition) is 1. The lowest BCUT2D eigenvalue weighted by atomic mass is 10.1. The van der Waals surface area contributed by atoms with Crippen molar-refractivity contribution in [3.63, 3.8) is 0 Å². The van der Waals surface area contributed by atoms with E-state index < -0.39 is 23.8 Å². The molecule has 11 heteroatoms. The van der Waals surface area contributed by atoms with E-state index in [-0.39, 0.29) is 51.3 Å². The number of carbonyl (C=O) groups excluding carboxylic acids is 5. The van der Waals surface area contributed by atoms with Crippen molar-refractivity contribution in [2.75, 3.05) is 33.0 Å². The Bertz CT molecular complexity index is 954. The predicted molar refractivity (Wildman–Crippen MR) is 198 cm³/mol. The van der Waals surface area contributed by atoms with E-state index in [1.807, 2.05) is 0 Å². The minimum absolute atomic E-state index is 0.0131. The maximum Gasteiger partial charge on any atom is 0.306 e. The number of carbonyl (C=O) groups is 5. The van der Waals surface area contributed by atoms with E-state index in [1.165, 1.54) is 103 Å². The smallest absolute Gasteiger partial charge is 0.306 e. The van der Waals surface area contributed by atoms with Gasteiger partial charge in [0.2, 0.25) is 5.91 Å². The second kappa shape index (κ2) is 33.1. The molecule has 1 atom stereocenters. The van der Waals surface area contributed by atoms with Crippen molar-refractivity contribution in [2.45, 2.75) is 180 Å². The Kier molecular flexibility index (Phi) is 30.0. The Hall–Kier alpha value is -2.79. The highest BCUT2D eigenvalue weighted by atomic mass is 16.7. The van der Waals surface area contributed by atoms with Gasteiger partial charge in [0.25, 0.3) is 11.8 Å². The number of nitrogens with zero attached hydrogens (tertiary/aromatic N) is 1. The summed E-state index contributed by atoms with van der Waals surface area (Å²) in [7, 11) is 0. The van der Waals surface area contributed by atoms with E-state index in [9.17, 15) is 24.0 Å². The van der Waals surface area contributed by atoms with Crippen LogP contribution in [0.3, 0.4) is 0 Å². The molecule has 1 rings (SSSR count). The summed E-state index contributed by atoms with van der Waals surface area (Å²) in [6, 6.07) is 0. The quantitative estimate of drug-likeness (QED) is 0.0293. The first-order valence-electron chi connectivity index (χ1n) is 20.2.